The van der Waals surface area contributed by atoms with Crippen molar-refractivity contribution in [1.29, 1.82) is 0 Å². The summed E-state index contributed by atoms with van der Waals surface area (Å²) in [4.78, 5) is 15.3. The van der Waals surface area contributed by atoms with E-state index in [1.807, 2.05) is 24.3 Å². The SMILES string of the molecule is CC(C)(C)[SiH2]OC(C)(C)c1c(Br)cccc1N1C(=O)c2cc(C3(C)CC3)ccc2CC1O. The predicted octanol–water partition coefficient (Wildman–Crippen LogP) is 5.58. The molecule has 0 aromatic heterocycles. The molecule has 2 aromatic carbocycles. The normalized spacial score (nSPS) is 20.7. The molecular formula is C26H34BrNO3Si. The summed E-state index contributed by atoms with van der Waals surface area (Å²) in [5.74, 6) is -0.145. The van der Waals surface area contributed by atoms with Gasteiger partial charge in [-0.25, -0.2) is 0 Å². The smallest absolute Gasteiger partial charge is 0.260 e. The van der Waals surface area contributed by atoms with Gasteiger partial charge in [-0.05, 0) is 66.5 Å². The van der Waals surface area contributed by atoms with Gasteiger partial charge in [0.05, 0.1) is 11.3 Å². The standard InChI is InChI=1S/C26H34BrNO3Si/c1-24(2,3)32-31-25(4,5)22-19(27)8-7-9-20(22)28-21(29)14-16-10-11-17(26(6)12-13-26)15-18(16)23(28)30/h7-11,15,21,29H,12-14,32H2,1-6H3. The first-order valence-corrected chi connectivity index (χ1v) is 13.5. The predicted molar refractivity (Wildman–Crippen MR) is 136 cm³/mol. The van der Waals surface area contributed by atoms with E-state index >= 15 is 0 Å². The zero-order chi connectivity index (χ0) is 23.5. The van der Waals surface area contributed by atoms with E-state index in [0.717, 1.165) is 28.4 Å². The summed E-state index contributed by atoms with van der Waals surface area (Å²) in [5, 5.41) is 11.2. The van der Waals surface area contributed by atoms with Crippen LogP contribution in [-0.4, -0.2) is 27.0 Å². The molecule has 1 aliphatic heterocycles. The lowest BCUT2D eigenvalue weighted by Crippen LogP contribution is -2.47. The molecule has 1 amide bonds. The third-order valence-corrected chi connectivity index (χ3v) is 9.07. The Kier molecular flexibility index (Phi) is 5.98. The molecule has 1 saturated carbocycles. The average molecular weight is 517 g/mol. The van der Waals surface area contributed by atoms with Gasteiger partial charge in [0.1, 0.15) is 6.23 Å². The number of rotatable bonds is 5. The monoisotopic (exact) mass is 515 g/mol. The Morgan fingerprint density at radius 2 is 1.84 bits per heavy atom. The van der Waals surface area contributed by atoms with Crippen molar-refractivity contribution in [3.05, 3.63) is 63.1 Å². The number of anilines is 1. The number of nitrogens with zero attached hydrogens (tertiary/aromatic N) is 1. The number of hydrogen-bond acceptors (Lipinski definition) is 3. The highest BCUT2D eigenvalue weighted by Gasteiger charge is 2.42. The maximum Gasteiger partial charge on any atom is 0.260 e. The Labute approximate surface area is 202 Å². The number of fused-ring (bicyclic) bond motifs is 1. The van der Waals surface area contributed by atoms with Crippen LogP contribution in [0.1, 0.15) is 81.4 Å². The van der Waals surface area contributed by atoms with Crippen molar-refractivity contribution >= 4 is 37.3 Å². The summed E-state index contributed by atoms with van der Waals surface area (Å²) in [6.07, 6.45) is 1.82. The quantitative estimate of drug-likeness (QED) is 0.529. The summed E-state index contributed by atoms with van der Waals surface area (Å²) in [6, 6.07) is 12.0. The third-order valence-electron chi connectivity index (χ3n) is 6.68. The van der Waals surface area contributed by atoms with Crippen LogP contribution >= 0.6 is 15.9 Å². The van der Waals surface area contributed by atoms with Crippen molar-refractivity contribution in [1.82, 2.24) is 0 Å². The lowest BCUT2D eigenvalue weighted by molar-refractivity contribution is 0.0848. The molecule has 32 heavy (non-hydrogen) atoms. The highest BCUT2D eigenvalue weighted by atomic mass is 79.9. The maximum atomic E-state index is 13.8. The molecule has 0 saturated heterocycles. The minimum atomic E-state index is -0.916. The molecule has 0 radical (unpaired) electrons. The largest absolute Gasteiger partial charge is 0.414 e. The number of carbonyl (C=O) groups is 1. The Morgan fingerprint density at radius 3 is 2.47 bits per heavy atom. The van der Waals surface area contributed by atoms with E-state index in [1.165, 1.54) is 5.56 Å². The van der Waals surface area contributed by atoms with Crippen LogP contribution in [0.25, 0.3) is 0 Å². The van der Waals surface area contributed by atoms with E-state index in [-0.39, 0.29) is 16.4 Å². The van der Waals surface area contributed by atoms with E-state index in [2.05, 4.69) is 69.6 Å². The average Bonchev–Trinajstić information content (AvgIpc) is 3.44. The van der Waals surface area contributed by atoms with Gasteiger partial charge >= 0.3 is 0 Å². The van der Waals surface area contributed by atoms with Crippen LogP contribution in [-0.2, 0) is 21.9 Å². The number of halogens is 1. The topological polar surface area (TPSA) is 49.8 Å². The van der Waals surface area contributed by atoms with Gasteiger partial charge in [-0.2, -0.15) is 0 Å². The molecule has 1 atom stereocenters. The summed E-state index contributed by atoms with van der Waals surface area (Å²) in [5.41, 5.74) is 4.03. The van der Waals surface area contributed by atoms with Gasteiger partial charge < -0.3 is 9.53 Å². The van der Waals surface area contributed by atoms with E-state index in [4.69, 9.17) is 4.43 Å². The molecule has 2 aliphatic rings. The first-order valence-electron chi connectivity index (χ1n) is 11.4. The molecule has 4 rings (SSSR count). The lowest BCUT2D eigenvalue weighted by Gasteiger charge is -2.39. The molecular weight excluding hydrogens is 482 g/mol. The first-order chi connectivity index (χ1) is 14.8. The highest BCUT2D eigenvalue weighted by Crippen LogP contribution is 2.48. The van der Waals surface area contributed by atoms with Crippen LogP contribution in [0.4, 0.5) is 5.69 Å². The van der Waals surface area contributed by atoms with E-state index in [9.17, 15) is 9.90 Å². The van der Waals surface area contributed by atoms with Crippen LogP contribution in [0, 0.1) is 0 Å². The first kappa shape index (κ1) is 23.7. The van der Waals surface area contributed by atoms with E-state index in [1.54, 1.807) is 4.90 Å². The summed E-state index contributed by atoms with van der Waals surface area (Å²) in [6.45, 7) is 12.9. The van der Waals surface area contributed by atoms with Gasteiger partial charge in [-0.3, -0.25) is 9.69 Å². The molecule has 172 valence electrons. The van der Waals surface area contributed by atoms with Crippen molar-refractivity contribution in [2.75, 3.05) is 4.90 Å². The molecule has 6 heteroatoms. The van der Waals surface area contributed by atoms with Crippen LogP contribution in [0.15, 0.2) is 40.9 Å². The van der Waals surface area contributed by atoms with Gasteiger partial charge in [0.2, 0.25) is 0 Å². The fourth-order valence-corrected chi connectivity index (χ4v) is 6.18. The van der Waals surface area contributed by atoms with E-state index in [0.29, 0.717) is 17.7 Å². The number of aliphatic hydroxyl groups is 1. The number of carbonyl (C=O) groups excluding carboxylic acids is 1. The second kappa shape index (κ2) is 8.08. The minimum Gasteiger partial charge on any atom is -0.414 e. The van der Waals surface area contributed by atoms with Crippen molar-refractivity contribution in [3.63, 3.8) is 0 Å². The van der Waals surface area contributed by atoms with Crippen molar-refractivity contribution in [2.24, 2.45) is 0 Å². The van der Waals surface area contributed by atoms with Crippen molar-refractivity contribution in [2.45, 2.75) is 83.1 Å². The number of amides is 1. The van der Waals surface area contributed by atoms with Crippen LogP contribution in [0.2, 0.25) is 5.04 Å². The molecule has 0 spiro atoms. The minimum absolute atomic E-state index is 0.145. The molecule has 0 bridgehead atoms. The zero-order valence-electron chi connectivity index (χ0n) is 20.0. The van der Waals surface area contributed by atoms with Gasteiger partial charge in [-0.15, -0.1) is 0 Å². The summed E-state index contributed by atoms with van der Waals surface area (Å²) < 4.78 is 7.38. The Balaban J connectivity index is 1.76. The van der Waals surface area contributed by atoms with Crippen molar-refractivity contribution < 1.29 is 14.3 Å². The van der Waals surface area contributed by atoms with Crippen molar-refractivity contribution in [3.8, 4) is 0 Å². The number of hydrogen-bond donors (Lipinski definition) is 1. The Bertz CT molecular complexity index is 1060. The third kappa shape index (κ3) is 4.47. The molecule has 1 heterocycles. The number of aliphatic hydroxyl groups excluding tert-OH is 1. The molecule has 1 unspecified atom stereocenters. The van der Waals surface area contributed by atoms with Crippen LogP contribution in [0.3, 0.4) is 0 Å². The van der Waals surface area contributed by atoms with Gasteiger partial charge in [0.15, 0.2) is 9.76 Å². The summed E-state index contributed by atoms with van der Waals surface area (Å²) in [7, 11) is -0.833. The highest BCUT2D eigenvalue weighted by molar-refractivity contribution is 9.10. The van der Waals surface area contributed by atoms with Crippen LogP contribution in [0.5, 0.6) is 0 Å². The Morgan fingerprint density at radius 1 is 1.16 bits per heavy atom. The molecule has 2 aromatic rings. The van der Waals surface area contributed by atoms with Gasteiger partial charge in [0.25, 0.3) is 5.91 Å². The molecule has 4 nitrogen and oxygen atoms in total. The second-order valence-corrected chi connectivity index (χ2v) is 14.8. The van der Waals surface area contributed by atoms with Gasteiger partial charge in [0, 0.05) is 22.0 Å². The second-order valence-electron chi connectivity index (χ2n) is 11.3. The van der Waals surface area contributed by atoms with Gasteiger partial charge in [-0.1, -0.05) is 61.8 Å². The fourth-order valence-electron chi connectivity index (χ4n) is 4.41. The number of benzene rings is 2. The lowest BCUT2D eigenvalue weighted by atomic mass is 9.89. The molecule has 1 fully saturated rings. The maximum absolute atomic E-state index is 13.8. The summed E-state index contributed by atoms with van der Waals surface area (Å²) >= 11 is 3.70. The fraction of sp³-hybridized carbons (Fsp3) is 0.500. The molecule has 1 aliphatic carbocycles. The van der Waals surface area contributed by atoms with E-state index < -0.39 is 21.6 Å². The zero-order valence-corrected chi connectivity index (χ0v) is 23.0. The molecule has 1 N–H and O–H groups in total. The Hall–Kier alpha value is -1.47. The van der Waals surface area contributed by atoms with Crippen LogP contribution < -0.4 is 4.90 Å².